The second-order valence-electron chi connectivity index (χ2n) is 3.91. The van der Waals surface area contributed by atoms with Gasteiger partial charge in [-0.1, -0.05) is 37.0 Å². The molecule has 0 spiro atoms. The Balaban J connectivity index is 2.71. The van der Waals surface area contributed by atoms with Crippen molar-refractivity contribution in [2.75, 3.05) is 13.2 Å². The SMILES string of the molecule is CCCNCc1cc(Cl)c(OCCC)c(Cl)c1. The van der Waals surface area contributed by atoms with Gasteiger partial charge >= 0.3 is 0 Å². The lowest BCUT2D eigenvalue weighted by molar-refractivity contribution is 0.317. The van der Waals surface area contributed by atoms with Crippen LogP contribution in [0.1, 0.15) is 32.3 Å². The van der Waals surface area contributed by atoms with Crippen LogP contribution in [0.4, 0.5) is 0 Å². The van der Waals surface area contributed by atoms with Gasteiger partial charge in [-0.3, -0.25) is 0 Å². The maximum absolute atomic E-state index is 6.15. The molecule has 1 aromatic rings. The number of hydrogen-bond acceptors (Lipinski definition) is 2. The van der Waals surface area contributed by atoms with Crippen LogP contribution in [0.3, 0.4) is 0 Å². The van der Waals surface area contributed by atoms with Crippen LogP contribution >= 0.6 is 23.2 Å². The molecule has 0 aromatic heterocycles. The van der Waals surface area contributed by atoms with Crippen molar-refractivity contribution >= 4 is 23.2 Å². The van der Waals surface area contributed by atoms with Crippen molar-refractivity contribution in [2.45, 2.75) is 33.2 Å². The number of ether oxygens (including phenoxy) is 1. The zero-order chi connectivity index (χ0) is 12.7. The largest absolute Gasteiger partial charge is 0.490 e. The number of hydrogen-bond donors (Lipinski definition) is 1. The average molecular weight is 276 g/mol. The molecular formula is C13H19Cl2NO. The van der Waals surface area contributed by atoms with Crippen LogP contribution in [-0.4, -0.2) is 13.2 Å². The Hall–Kier alpha value is -0.440. The predicted octanol–water partition coefficient (Wildman–Crippen LogP) is 4.28. The first-order chi connectivity index (χ1) is 8.19. The van der Waals surface area contributed by atoms with Crippen molar-refractivity contribution in [3.05, 3.63) is 27.7 Å². The molecule has 0 saturated carbocycles. The summed E-state index contributed by atoms with van der Waals surface area (Å²) >= 11 is 12.3. The fraction of sp³-hybridized carbons (Fsp3) is 0.538. The second-order valence-corrected chi connectivity index (χ2v) is 4.73. The molecule has 2 nitrogen and oxygen atoms in total. The van der Waals surface area contributed by atoms with Gasteiger partial charge in [-0.25, -0.2) is 0 Å². The molecule has 0 aliphatic rings. The summed E-state index contributed by atoms with van der Waals surface area (Å²) in [6.07, 6.45) is 2.05. The van der Waals surface area contributed by atoms with E-state index >= 15 is 0 Å². The summed E-state index contributed by atoms with van der Waals surface area (Å²) in [6, 6.07) is 3.81. The van der Waals surface area contributed by atoms with E-state index in [1.165, 1.54) is 0 Å². The average Bonchev–Trinajstić information content (AvgIpc) is 2.28. The predicted molar refractivity (Wildman–Crippen MR) is 74.2 cm³/mol. The highest BCUT2D eigenvalue weighted by Crippen LogP contribution is 2.34. The van der Waals surface area contributed by atoms with Crippen LogP contribution in [0, 0.1) is 0 Å². The number of halogens is 2. The third-order valence-corrected chi connectivity index (χ3v) is 2.83. The third-order valence-electron chi connectivity index (χ3n) is 2.26. The van der Waals surface area contributed by atoms with Crippen LogP contribution in [-0.2, 0) is 6.54 Å². The fourth-order valence-electron chi connectivity index (χ4n) is 1.47. The van der Waals surface area contributed by atoms with E-state index < -0.39 is 0 Å². The van der Waals surface area contributed by atoms with E-state index in [2.05, 4.69) is 12.2 Å². The lowest BCUT2D eigenvalue weighted by Gasteiger charge is -2.11. The van der Waals surface area contributed by atoms with Gasteiger partial charge in [0.25, 0.3) is 0 Å². The Morgan fingerprint density at radius 2 is 1.76 bits per heavy atom. The highest BCUT2D eigenvalue weighted by Gasteiger charge is 2.09. The van der Waals surface area contributed by atoms with E-state index in [1.807, 2.05) is 19.1 Å². The summed E-state index contributed by atoms with van der Waals surface area (Å²) in [7, 11) is 0. The summed E-state index contributed by atoms with van der Waals surface area (Å²) in [5.74, 6) is 0.592. The Bertz CT molecular complexity index is 332. The number of benzene rings is 1. The second kappa shape index (κ2) is 7.80. The molecule has 0 aliphatic carbocycles. The molecule has 17 heavy (non-hydrogen) atoms. The topological polar surface area (TPSA) is 21.3 Å². The van der Waals surface area contributed by atoms with Gasteiger partial charge in [0.2, 0.25) is 0 Å². The normalized spacial score (nSPS) is 10.6. The van der Waals surface area contributed by atoms with Crippen LogP contribution in [0.5, 0.6) is 5.75 Å². The minimum atomic E-state index is 0.583. The molecule has 4 heteroatoms. The standard InChI is InChI=1S/C13H19Cl2NO/c1-3-5-16-9-10-7-11(14)13(12(15)8-10)17-6-4-2/h7-8,16H,3-6,9H2,1-2H3. The van der Waals surface area contributed by atoms with E-state index in [0.717, 1.165) is 31.5 Å². The summed E-state index contributed by atoms with van der Waals surface area (Å²) in [4.78, 5) is 0. The van der Waals surface area contributed by atoms with Crippen LogP contribution in [0.2, 0.25) is 10.0 Å². The smallest absolute Gasteiger partial charge is 0.156 e. The molecule has 0 radical (unpaired) electrons. The van der Waals surface area contributed by atoms with Gasteiger partial charge < -0.3 is 10.1 Å². The van der Waals surface area contributed by atoms with Crippen molar-refractivity contribution in [3.8, 4) is 5.75 Å². The lowest BCUT2D eigenvalue weighted by atomic mass is 10.2. The first kappa shape index (κ1) is 14.6. The quantitative estimate of drug-likeness (QED) is 0.750. The van der Waals surface area contributed by atoms with E-state index in [9.17, 15) is 0 Å². The molecule has 1 N–H and O–H groups in total. The molecule has 0 amide bonds. The minimum Gasteiger partial charge on any atom is -0.490 e. The molecule has 0 fully saturated rings. The maximum atomic E-state index is 6.15. The van der Waals surface area contributed by atoms with Crippen molar-refractivity contribution in [2.24, 2.45) is 0 Å². The Labute approximate surface area is 113 Å². The van der Waals surface area contributed by atoms with E-state index in [-0.39, 0.29) is 0 Å². The van der Waals surface area contributed by atoms with Crippen molar-refractivity contribution < 1.29 is 4.74 Å². The molecule has 0 saturated heterocycles. The lowest BCUT2D eigenvalue weighted by Crippen LogP contribution is -2.13. The zero-order valence-electron chi connectivity index (χ0n) is 10.4. The van der Waals surface area contributed by atoms with Gasteiger partial charge in [0, 0.05) is 6.54 Å². The molecule has 0 heterocycles. The maximum Gasteiger partial charge on any atom is 0.156 e. The number of rotatable bonds is 7. The first-order valence-electron chi connectivity index (χ1n) is 6.00. The monoisotopic (exact) mass is 275 g/mol. The summed E-state index contributed by atoms with van der Waals surface area (Å²) in [5.41, 5.74) is 1.08. The van der Waals surface area contributed by atoms with Gasteiger partial charge in [0.15, 0.2) is 5.75 Å². The van der Waals surface area contributed by atoms with E-state index in [0.29, 0.717) is 22.4 Å². The number of nitrogens with one attached hydrogen (secondary N) is 1. The van der Waals surface area contributed by atoms with Gasteiger partial charge in [0.05, 0.1) is 16.7 Å². The molecule has 0 atom stereocenters. The third kappa shape index (κ3) is 4.74. The Kier molecular flexibility index (Phi) is 6.71. The molecule has 1 rings (SSSR count). The summed E-state index contributed by atoms with van der Waals surface area (Å²) in [6.45, 7) is 6.58. The molecule has 96 valence electrons. The highest BCUT2D eigenvalue weighted by molar-refractivity contribution is 6.37. The van der Waals surface area contributed by atoms with Crippen LogP contribution in [0.15, 0.2) is 12.1 Å². The zero-order valence-corrected chi connectivity index (χ0v) is 11.9. The Morgan fingerprint density at radius 3 is 2.29 bits per heavy atom. The minimum absolute atomic E-state index is 0.583. The van der Waals surface area contributed by atoms with Crippen LogP contribution < -0.4 is 10.1 Å². The van der Waals surface area contributed by atoms with Gasteiger partial charge in [-0.05, 0) is 37.1 Å². The van der Waals surface area contributed by atoms with Crippen molar-refractivity contribution in [1.82, 2.24) is 5.32 Å². The summed E-state index contributed by atoms with van der Waals surface area (Å²) < 4.78 is 5.51. The van der Waals surface area contributed by atoms with Gasteiger partial charge in [-0.2, -0.15) is 0 Å². The molecule has 0 unspecified atom stereocenters. The van der Waals surface area contributed by atoms with Crippen molar-refractivity contribution in [3.63, 3.8) is 0 Å². The molecule has 0 aliphatic heterocycles. The highest BCUT2D eigenvalue weighted by atomic mass is 35.5. The van der Waals surface area contributed by atoms with Gasteiger partial charge in [-0.15, -0.1) is 0 Å². The van der Waals surface area contributed by atoms with E-state index in [4.69, 9.17) is 27.9 Å². The van der Waals surface area contributed by atoms with Crippen molar-refractivity contribution in [1.29, 1.82) is 0 Å². The fourth-order valence-corrected chi connectivity index (χ4v) is 2.11. The van der Waals surface area contributed by atoms with E-state index in [1.54, 1.807) is 0 Å². The first-order valence-corrected chi connectivity index (χ1v) is 6.76. The van der Waals surface area contributed by atoms with Crippen LogP contribution in [0.25, 0.3) is 0 Å². The summed E-state index contributed by atoms with van der Waals surface area (Å²) in [5, 5.41) is 4.48. The van der Waals surface area contributed by atoms with Gasteiger partial charge in [0.1, 0.15) is 0 Å². The Morgan fingerprint density at radius 1 is 1.12 bits per heavy atom. The molecular weight excluding hydrogens is 257 g/mol. The molecule has 0 bridgehead atoms. The molecule has 1 aromatic carbocycles.